The Morgan fingerprint density at radius 2 is 1.80 bits per heavy atom. The summed E-state index contributed by atoms with van der Waals surface area (Å²) < 4.78 is 0. The third-order valence-electron chi connectivity index (χ3n) is 3.82. The second kappa shape index (κ2) is 7.06. The van der Waals surface area contributed by atoms with Crippen LogP contribution in [-0.2, 0) is 4.79 Å². The number of rotatable bonds is 3. The number of aliphatic imine (C=N–C) groups is 1. The van der Waals surface area contributed by atoms with E-state index in [4.69, 9.17) is 11.4 Å². The maximum Gasteiger partial charge on any atom is 0.262 e. The lowest BCUT2D eigenvalue weighted by Gasteiger charge is -2.21. The summed E-state index contributed by atoms with van der Waals surface area (Å²) in [5.74, 6) is 2.42. The molecule has 0 atom stereocenters. The maximum atomic E-state index is 13.3. The van der Waals surface area contributed by atoms with Gasteiger partial charge in [-0.05, 0) is 12.1 Å². The molecule has 1 amide bonds. The van der Waals surface area contributed by atoms with Crippen molar-refractivity contribution in [2.45, 2.75) is 0 Å². The SMILES string of the molecule is C#CCN1C(=O)/C(=C/N(C)C)C(c2ccccc2)=Nc2ccccc21. The summed E-state index contributed by atoms with van der Waals surface area (Å²) >= 11 is 0. The van der Waals surface area contributed by atoms with Crippen molar-refractivity contribution in [3.63, 3.8) is 0 Å². The first kappa shape index (κ1) is 16.5. The van der Waals surface area contributed by atoms with Crippen molar-refractivity contribution in [1.29, 1.82) is 0 Å². The quantitative estimate of drug-likeness (QED) is 0.640. The van der Waals surface area contributed by atoms with Gasteiger partial charge in [0.05, 0.1) is 29.2 Å². The van der Waals surface area contributed by atoms with Crippen molar-refractivity contribution >= 4 is 23.0 Å². The van der Waals surface area contributed by atoms with Gasteiger partial charge in [-0.3, -0.25) is 9.69 Å². The Morgan fingerprint density at radius 1 is 1.12 bits per heavy atom. The van der Waals surface area contributed by atoms with Gasteiger partial charge in [-0.1, -0.05) is 48.4 Å². The van der Waals surface area contributed by atoms with Crippen LogP contribution < -0.4 is 4.90 Å². The molecule has 0 spiro atoms. The number of hydrogen-bond acceptors (Lipinski definition) is 3. The number of para-hydroxylation sites is 2. The van der Waals surface area contributed by atoms with Gasteiger partial charge in [-0.25, -0.2) is 4.99 Å². The third kappa shape index (κ3) is 3.31. The Bertz CT molecular complexity index is 889. The molecule has 4 nitrogen and oxygen atoms in total. The average Bonchev–Trinajstić information content (AvgIpc) is 2.73. The largest absolute Gasteiger partial charge is 0.383 e. The zero-order chi connectivity index (χ0) is 17.8. The molecule has 0 bridgehead atoms. The van der Waals surface area contributed by atoms with E-state index in [0.717, 1.165) is 16.9 Å². The fraction of sp³-hybridized carbons (Fsp3) is 0.143. The topological polar surface area (TPSA) is 35.9 Å². The Morgan fingerprint density at radius 3 is 2.48 bits per heavy atom. The molecule has 0 N–H and O–H groups in total. The first-order valence-corrected chi connectivity index (χ1v) is 7.99. The molecule has 0 radical (unpaired) electrons. The molecule has 0 aromatic heterocycles. The van der Waals surface area contributed by atoms with Crippen LogP contribution in [0.2, 0.25) is 0 Å². The molecule has 1 heterocycles. The summed E-state index contributed by atoms with van der Waals surface area (Å²) in [5.41, 5.74) is 3.50. The predicted molar refractivity (Wildman–Crippen MR) is 102 cm³/mol. The standard InChI is InChI=1S/C21H19N3O/c1-4-14-24-19-13-9-8-12-18(19)22-20(16-10-6-5-7-11-16)17(21(24)25)15-23(2)3/h1,5-13,15H,14H2,2-3H3/b17-15+. The van der Waals surface area contributed by atoms with Crippen molar-refractivity contribution in [2.24, 2.45) is 4.99 Å². The number of anilines is 1. The minimum Gasteiger partial charge on any atom is -0.383 e. The zero-order valence-corrected chi connectivity index (χ0v) is 14.3. The molecule has 1 aliphatic heterocycles. The van der Waals surface area contributed by atoms with Crippen LogP contribution in [0.4, 0.5) is 11.4 Å². The van der Waals surface area contributed by atoms with Gasteiger partial charge in [0.1, 0.15) is 0 Å². The fourth-order valence-corrected chi connectivity index (χ4v) is 2.76. The highest BCUT2D eigenvalue weighted by Crippen LogP contribution is 2.34. The van der Waals surface area contributed by atoms with Gasteiger partial charge in [0.15, 0.2) is 0 Å². The number of fused-ring (bicyclic) bond motifs is 1. The smallest absolute Gasteiger partial charge is 0.262 e. The number of terminal acetylenes is 1. The van der Waals surface area contributed by atoms with Crippen LogP contribution in [0, 0.1) is 12.3 Å². The lowest BCUT2D eigenvalue weighted by Crippen LogP contribution is -2.34. The van der Waals surface area contributed by atoms with E-state index in [0.29, 0.717) is 11.3 Å². The van der Waals surface area contributed by atoms with Gasteiger partial charge in [0, 0.05) is 25.9 Å². The highest BCUT2D eigenvalue weighted by atomic mass is 16.2. The molecular weight excluding hydrogens is 310 g/mol. The van der Waals surface area contributed by atoms with Crippen molar-refractivity contribution in [1.82, 2.24) is 4.90 Å². The van der Waals surface area contributed by atoms with Crippen molar-refractivity contribution in [3.8, 4) is 12.3 Å². The van der Waals surface area contributed by atoms with Gasteiger partial charge >= 0.3 is 0 Å². The molecule has 0 saturated carbocycles. The zero-order valence-electron chi connectivity index (χ0n) is 14.3. The van der Waals surface area contributed by atoms with Gasteiger partial charge in [-0.15, -0.1) is 6.42 Å². The maximum absolute atomic E-state index is 13.3. The minimum atomic E-state index is -0.154. The van der Waals surface area contributed by atoms with Crippen molar-refractivity contribution in [2.75, 3.05) is 25.5 Å². The van der Waals surface area contributed by atoms with E-state index < -0.39 is 0 Å². The molecule has 0 saturated heterocycles. The average molecular weight is 329 g/mol. The van der Waals surface area contributed by atoms with E-state index in [-0.39, 0.29) is 12.5 Å². The summed E-state index contributed by atoms with van der Waals surface area (Å²) in [7, 11) is 3.76. The molecule has 4 heteroatoms. The Hall–Kier alpha value is -3.32. The second-order valence-corrected chi connectivity index (χ2v) is 5.92. The van der Waals surface area contributed by atoms with Gasteiger partial charge in [-0.2, -0.15) is 0 Å². The van der Waals surface area contributed by atoms with Crippen LogP contribution in [-0.4, -0.2) is 37.2 Å². The lowest BCUT2D eigenvalue weighted by atomic mass is 10.0. The molecule has 0 fully saturated rings. The molecule has 2 aromatic rings. The van der Waals surface area contributed by atoms with Crippen LogP contribution in [0.15, 0.2) is 71.4 Å². The van der Waals surface area contributed by atoms with Crippen LogP contribution in [0.1, 0.15) is 5.56 Å². The number of benzene rings is 2. The van der Waals surface area contributed by atoms with Crippen LogP contribution >= 0.6 is 0 Å². The molecule has 0 unspecified atom stereocenters. The summed E-state index contributed by atoms with van der Waals surface area (Å²) in [6, 6.07) is 17.3. The molecule has 25 heavy (non-hydrogen) atoms. The molecule has 1 aliphatic rings. The minimum absolute atomic E-state index is 0.154. The molecule has 124 valence electrons. The number of carbonyl (C=O) groups excluding carboxylic acids is 1. The third-order valence-corrected chi connectivity index (χ3v) is 3.82. The van der Waals surface area contributed by atoms with Gasteiger partial charge in [0.2, 0.25) is 0 Å². The summed E-state index contributed by atoms with van der Waals surface area (Å²) in [6.07, 6.45) is 7.31. The van der Waals surface area contributed by atoms with E-state index in [1.165, 1.54) is 0 Å². The monoisotopic (exact) mass is 329 g/mol. The van der Waals surface area contributed by atoms with E-state index in [9.17, 15) is 4.79 Å². The highest BCUT2D eigenvalue weighted by molar-refractivity contribution is 6.33. The fourth-order valence-electron chi connectivity index (χ4n) is 2.76. The highest BCUT2D eigenvalue weighted by Gasteiger charge is 2.29. The Labute approximate surface area is 148 Å². The lowest BCUT2D eigenvalue weighted by molar-refractivity contribution is -0.114. The molecule has 0 aliphatic carbocycles. The summed E-state index contributed by atoms with van der Waals surface area (Å²) in [4.78, 5) is 21.5. The molecule has 3 rings (SSSR count). The van der Waals surface area contributed by atoms with Gasteiger partial charge in [0.25, 0.3) is 5.91 Å². The first-order chi connectivity index (χ1) is 12.1. The van der Waals surface area contributed by atoms with Crippen molar-refractivity contribution < 1.29 is 4.79 Å². The number of carbonyl (C=O) groups is 1. The normalized spacial score (nSPS) is 15.2. The number of hydrogen-bond donors (Lipinski definition) is 0. The van der Waals surface area contributed by atoms with E-state index in [2.05, 4.69) is 5.92 Å². The van der Waals surface area contributed by atoms with Crippen LogP contribution in [0.25, 0.3) is 0 Å². The first-order valence-electron chi connectivity index (χ1n) is 7.99. The van der Waals surface area contributed by atoms with Crippen molar-refractivity contribution in [3.05, 3.63) is 71.9 Å². The van der Waals surface area contributed by atoms with Crippen LogP contribution in [0.3, 0.4) is 0 Å². The van der Waals surface area contributed by atoms with Gasteiger partial charge < -0.3 is 4.90 Å². The van der Waals surface area contributed by atoms with Crippen LogP contribution in [0.5, 0.6) is 0 Å². The predicted octanol–water partition coefficient (Wildman–Crippen LogP) is 3.23. The molecular formula is C21H19N3O. The summed E-state index contributed by atoms with van der Waals surface area (Å²) in [6.45, 7) is 0.193. The Kier molecular flexibility index (Phi) is 4.67. The Balaban J connectivity index is 2.27. The summed E-state index contributed by atoms with van der Waals surface area (Å²) in [5, 5.41) is 0. The van der Waals surface area contributed by atoms with E-state index in [1.54, 1.807) is 11.1 Å². The molecule has 2 aromatic carbocycles. The van der Waals surface area contributed by atoms with E-state index in [1.807, 2.05) is 73.6 Å². The number of amides is 1. The second-order valence-electron chi connectivity index (χ2n) is 5.92. The van der Waals surface area contributed by atoms with E-state index >= 15 is 0 Å². The number of nitrogens with zero attached hydrogens (tertiary/aromatic N) is 3.